The van der Waals surface area contributed by atoms with Crippen molar-refractivity contribution in [2.24, 2.45) is 0 Å². The molecule has 0 saturated carbocycles. The fourth-order valence-corrected chi connectivity index (χ4v) is 2.10. The van der Waals surface area contributed by atoms with E-state index in [4.69, 9.17) is 10.00 Å². The summed E-state index contributed by atoms with van der Waals surface area (Å²) in [5.74, 6) is -0.389. The molecule has 0 aromatic heterocycles. The average Bonchev–Trinajstić information content (AvgIpc) is 2.59. The van der Waals surface area contributed by atoms with Crippen LogP contribution in [0.15, 0.2) is 11.8 Å². The van der Waals surface area contributed by atoms with E-state index in [1.807, 2.05) is 17.9 Å². The van der Waals surface area contributed by atoms with Gasteiger partial charge < -0.3 is 24.6 Å². The van der Waals surface area contributed by atoms with E-state index in [1.165, 1.54) is 7.11 Å². The lowest BCUT2D eigenvalue weighted by Crippen LogP contribution is -2.47. The lowest BCUT2D eigenvalue weighted by atomic mass is 10.2. The Hall–Kier alpha value is -2.27. The number of amides is 2. The molecule has 1 aliphatic heterocycles. The first-order valence-electron chi connectivity index (χ1n) is 7.67. The van der Waals surface area contributed by atoms with E-state index < -0.39 is 0 Å². The summed E-state index contributed by atoms with van der Waals surface area (Å²) in [6.45, 7) is 5.71. The molecule has 0 aromatic rings. The molecule has 0 unspecified atom stereocenters. The summed E-state index contributed by atoms with van der Waals surface area (Å²) < 4.78 is 9.84. The Morgan fingerprint density at radius 3 is 2.57 bits per heavy atom. The maximum atomic E-state index is 11.9. The summed E-state index contributed by atoms with van der Waals surface area (Å²) in [5.41, 5.74) is 0.0629. The third-order valence-electron chi connectivity index (χ3n) is 3.38. The average molecular weight is 324 g/mol. The maximum absolute atomic E-state index is 11.9. The number of rotatable bonds is 7. The summed E-state index contributed by atoms with van der Waals surface area (Å²) in [7, 11) is 1.35. The molecular formula is C15H24N4O4. The number of piperazine rings is 1. The highest BCUT2D eigenvalue weighted by Crippen LogP contribution is 2.06. The summed E-state index contributed by atoms with van der Waals surface area (Å²) in [4.78, 5) is 26.8. The minimum absolute atomic E-state index is 0.0629. The number of nitrogens with zero attached hydrogens (tertiary/aromatic N) is 3. The molecule has 0 radical (unpaired) electrons. The van der Waals surface area contributed by atoms with Crippen LogP contribution in [0.25, 0.3) is 0 Å². The minimum atomic E-state index is -0.389. The van der Waals surface area contributed by atoms with Gasteiger partial charge in [0.15, 0.2) is 0 Å². The zero-order valence-electron chi connectivity index (χ0n) is 13.7. The zero-order chi connectivity index (χ0) is 17.1. The van der Waals surface area contributed by atoms with Gasteiger partial charge in [-0.3, -0.25) is 4.79 Å². The summed E-state index contributed by atoms with van der Waals surface area (Å²) in [6, 6.07) is 1.92. The van der Waals surface area contributed by atoms with Crippen molar-refractivity contribution in [3.63, 3.8) is 0 Å². The second-order valence-electron chi connectivity index (χ2n) is 4.95. The lowest BCUT2D eigenvalue weighted by molar-refractivity contribution is -0.117. The second-order valence-corrected chi connectivity index (χ2v) is 4.95. The number of hydrogen-bond donors (Lipinski definition) is 1. The molecule has 1 rings (SSSR count). The lowest BCUT2D eigenvalue weighted by Gasteiger charge is -2.33. The van der Waals surface area contributed by atoms with Gasteiger partial charge >= 0.3 is 6.09 Å². The molecular weight excluding hydrogens is 300 g/mol. The Kier molecular flexibility index (Phi) is 8.54. The molecule has 1 N–H and O–H groups in total. The zero-order valence-corrected chi connectivity index (χ0v) is 13.7. The molecule has 1 heterocycles. The van der Waals surface area contributed by atoms with E-state index in [0.29, 0.717) is 52.4 Å². The van der Waals surface area contributed by atoms with Crippen molar-refractivity contribution in [3.8, 4) is 6.07 Å². The van der Waals surface area contributed by atoms with Crippen molar-refractivity contribution in [3.05, 3.63) is 11.8 Å². The fourth-order valence-electron chi connectivity index (χ4n) is 2.10. The van der Waals surface area contributed by atoms with Crippen LogP contribution in [0.4, 0.5) is 4.79 Å². The Balaban J connectivity index is 2.42. The molecule has 1 fully saturated rings. The van der Waals surface area contributed by atoms with E-state index in [9.17, 15) is 9.59 Å². The van der Waals surface area contributed by atoms with Gasteiger partial charge in [0.05, 0.1) is 7.11 Å². The first-order chi connectivity index (χ1) is 11.1. The van der Waals surface area contributed by atoms with Crippen molar-refractivity contribution in [1.82, 2.24) is 15.1 Å². The first kappa shape index (κ1) is 18.8. The van der Waals surface area contributed by atoms with Crippen LogP contribution in [0.2, 0.25) is 0 Å². The Morgan fingerprint density at radius 1 is 1.30 bits per heavy atom. The normalized spacial score (nSPS) is 15.1. The van der Waals surface area contributed by atoms with Crippen LogP contribution in [0.1, 0.15) is 13.3 Å². The molecule has 8 nitrogen and oxygen atoms in total. The molecule has 23 heavy (non-hydrogen) atoms. The van der Waals surface area contributed by atoms with E-state index in [0.717, 1.165) is 0 Å². The van der Waals surface area contributed by atoms with Gasteiger partial charge in [0, 0.05) is 52.1 Å². The first-order valence-corrected chi connectivity index (χ1v) is 7.67. The molecule has 2 amide bonds. The van der Waals surface area contributed by atoms with E-state index in [2.05, 4.69) is 10.1 Å². The molecule has 8 heteroatoms. The third kappa shape index (κ3) is 6.57. The largest absolute Gasteiger partial charge is 0.453 e. The second kappa shape index (κ2) is 10.5. The Bertz CT molecular complexity index is 465. The summed E-state index contributed by atoms with van der Waals surface area (Å²) >= 11 is 0. The molecule has 0 aromatic carbocycles. The van der Waals surface area contributed by atoms with Crippen LogP contribution >= 0.6 is 0 Å². The quantitative estimate of drug-likeness (QED) is 0.412. The SMILES string of the molecule is CCOCCCNC(=O)/C(C#N)=C\N1CCN(C(=O)OC)CC1. The van der Waals surface area contributed by atoms with Gasteiger partial charge in [0.1, 0.15) is 11.6 Å². The van der Waals surface area contributed by atoms with Crippen LogP contribution in [-0.4, -0.2) is 74.8 Å². The highest BCUT2D eigenvalue weighted by Gasteiger charge is 2.21. The predicted molar refractivity (Wildman–Crippen MR) is 83.4 cm³/mol. The number of methoxy groups -OCH3 is 1. The van der Waals surface area contributed by atoms with Gasteiger partial charge in [-0.25, -0.2) is 4.79 Å². The highest BCUT2D eigenvalue weighted by molar-refractivity contribution is 5.97. The number of ether oxygens (including phenoxy) is 2. The van der Waals surface area contributed by atoms with Gasteiger partial charge in [-0.2, -0.15) is 5.26 Å². The van der Waals surface area contributed by atoms with Crippen LogP contribution in [-0.2, 0) is 14.3 Å². The van der Waals surface area contributed by atoms with Crippen LogP contribution < -0.4 is 5.32 Å². The van der Waals surface area contributed by atoms with Gasteiger partial charge in [-0.1, -0.05) is 0 Å². The van der Waals surface area contributed by atoms with E-state index in [1.54, 1.807) is 11.1 Å². The van der Waals surface area contributed by atoms with Crippen molar-refractivity contribution < 1.29 is 19.1 Å². The predicted octanol–water partition coefficient (Wildman–Crippen LogP) is 0.321. The molecule has 1 aliphatic rings. The minimum Gasteiger partial charge on any atom is -0.453 e. The fraction of sp³-hybridized carbons (Fsp3) is 0.667. The molecule has 0 bridgehead atoms. The number of nitrogens with one attached hydrogen (secondary N) is 1. The number of carbonyl (C=O) groups excluding carboxylic acids is 2. The van der Waals surface area contributed by atoms with Gasteiger partial charge in [-0.05, 0) is 13.3 Å². The van der Waals surface area contributed by atoms with Crippen LogP contribution in [0.3, 0.4) is 0 Å². The smallest absolute Gasteiger partial charge is 0.409 e. The summed E-state index contributed by atoms with van der Waals surface area (Å²) in [5, 5.41) is 11.8. The van der Waals surface area contributed by atoms with Crippen LogP contribution in [0, 0.1) is 11.3 Å². The molecule has 0 spiro atoms. The highest BCUT2D eigenvalue weighted by atomic mass is 16.5. The van der Waals surface area contributed by atoms with Gasteiger partial charge in [0.25, 0.3) is 5.91 Å². The number of nitriles is 1. The van der Waals surface area contributed by atoms with E-state index >= 15 is 0 Å². The monoisotopic (exact) mass is 324 g/mol. The summed E-state index contributed by atoms with van der Waals surface area (Å²) in [6.07, 6.45) is 1.89. The Labute approximate surface area is 136 Å². The van der Waals surface area contributed by atoms with Crippen molar-refractivity contribution in [2.45, 2.75) is 13.3 Å². The van der Waals surface area contributed by atoms with Crippen molar-refractivity contribution in [2.75, 3.05) is 53.0 Å². The molecule has 128 valence electrons. The molecule has 1 saturated heterocycles. The number of carbonyl (C=O) groups is 2. The molecule has 0 aliphatic carbocycles. The van der Waals surface area contributed by atoms with Gasteiger partial charge in [-0.15, -0.1) is 0 Å². The third-order valence-corrected chi connectivity index (χ3v) is 3.38. The van der Waals surface area contributed by atoms with Gasteiger partial charge in [0.2, 0.25) is 0 Å². The van der Waals surface area contributed by atoms with Crippen molar-refractivity contribution in [1.29, 1.82) is 5.26 Å². The van der Waals surface area contributed by atoms with E-state index in [-0.39, 0.29) is 17.6 Å². The Morgan fingerprint density at radius 2 is 2.00 bits per heavy atom. The maximum Gasteiger partial charge on any atom is 0.409 e. The topological polar surface area (TPSA) is 94.9 Å². The molecule has 0 atom stereocenters. The number of hydrogen-bond acceptors (Lipinski definition) is 6. The van der Waals surface area contributed by atoms with Crippen LogP contribution in [0.5, 0.6) is 0 Å². The standard InChI is InChI=1S/C15H24N4O4/c1-3-23-10-4-5-17-14(20)13(11-16)12-18-6-8-19(9-7-18)15(21)22-2/h12H,3-10H2,1-2H3,(H,17,20)/b13-12-. The van der Waals surface area contributed by atoms with Crippen molar-refractivity contribution >= 4 is 12.0 Å².